The number of carbonyl (C=O) groups excluding carboxylic acids is 1. The minimum absolute atomic E-state index is 0.0120. The van der Waals surface area contributed by atoms with E-state index >= 15 is 0 Å². The summed E-state index contributed by atoms with van der Waals surface area (Å²) in [7, 11) is 0. The average molecular weight is 344 g/mol. The quantitative estimate of drug-likeness (QED) is 0.843. The molecule has 2 aliphatic heterocycles. The van der Waals surface area contributed by atoms with Gasteiger partial charge in [0.1, 0.15) is 11.6 Å². The molecule has 0 spiro atoms. The summed E-state index contributed by atoms with van der Waals surface area (Å²) >= 11 is 0. The smallest absolute Gasteiger partial charge is 0.243 e. The fraction of sp³-hybridized carbons (Fsp3) is 0.650. The van der Waals surface area contributed by atoms with E-state index < -0.39 is 0 Å². The Morgan fingerprint density at radius 3 is 2.44 bits per heavy atom. The third-order valence-electron chi connectivity index (χ3n) is 5.97. The van der Waals surface area contributed by atoms with Gasteiger partial charge in [-0.1, -0.05) is 43.2 Å². The SMILES string of the molecule is O=C(N1CCOC(c2ccccc2)C1)C1(N2CCOCC2)CCCC1. The maximum Gasteiger partial charge on any atom is 0.243 e. The van der Waals surface area contributed by atoms with Crippen LogP contribution < -0.4 is 0 Å². The lowest BCUT2D eigenvalue weighted by Gasteiger charge is -2.46. The predicted molar refractivity (Wildman–Crippen MR) is 95.3 cm³/mol. The number of ether oxygens (including phenoxy) is 2. The van der Waals surface area contributed by atoms with Crippen LogP contribution in [0.25, 0.3) is 0 Å². The molecule has 0 radical (unpaired) electrons. The Hall–Kier alpha value is -1.43. The number of morpholine rings is 2. The summed E-state index contributed by atoms with van der Waals surface area (Å²) in [5.74, 6) is 0.316. The molecule has 25 heavy (non-hydrogen) atoms. The first-order chi connectivity index (χ1) is 12.3. The number of hydrogen-bond acceptors (Lipinski definition) is 4. The molecular formula is C20H28N2O3. The van der Waals surface area contributed by atoms with Crippen LogP contribution in [0.2, 0.25) is 0 Å². The Morgan fingerprint density at radius 1 is 1.00 bits per heavy atom. The van der Waals surface area contributed by atoms with Crippen LogP contribution in [-0.2, 0) is 14.3 Å². The van der Waals surface area contributed by atoms with Gasteiger partial charge in [-0.3, -0.25) is 9.69 Å². The van der Waals surface area contributed by atoms with Crippen LogP contribution in [0.15, 0.2) is 30.3 Å². The molecule has 1 aromatic carbocycles. The summed E-state index contributed by atoms with van der Waals surface area (Å²) in [4.78, 5) is 18.0. The summed E-state index contributed by atoms with van der Waals surface area (Å²) in [5, 5.41) is 0. The van der Waals surface area contributed by atoms with Crippen molar-refractivity contribution in [1.29, 1.82) is 0 Å². The van der Waals surface area contributed by atoms with Crippen molar-refractivity contribution in [1.82, 2.24) is 9.80 Å². The number of benzene rings is 1. The van der Waals surface area contributed by atoms with Crippen LogP contribution in [0, 0.1) is 0 Å². The zero-order valence-corrected chi connectivity index (χ0v) is 14.9. The lowest BCUT2D eigenvalue weighted by Crippen LogP contribution is -2.62. The molecular weight excluding hydrogens is 316 g/mol. The van der Waals surface area contributed by atoms with Crippen molar-refractivity contribution in [3.63, 3.8) is 0 Å². The van der Waals surface area contributed by atoms with Crippen LogP contribution in [-0.4, -0.2) is 67.2 Å². The lowest BCUT2D eigenvalue weighted by atomic mass is 9.91. The molecule has 1 unspecified atom stereocenters. The zero-order chi connectivity index (χ0) is 17.1. The summed E-state index contributed by atoms with van der Waals surface area (Å²) in [6.45, 7) is 5.21. The summed E-state index contributed by atoms with van der Waals surface area (Å²) in [6, 6.07) is 10.3. The molecule has 2 saturated heterocycles. The van der Waals surface area contributed by atoms with Crippen molar-refractivity contribution in [2.24, 2.45) is 0 Å². The van der Waals surface area contributed by atoms with E-state index in [0.717, 1.165) is 57.6 Å². The van der Waals surface area contributed by atoms with Gasteiger partial charge in [-0.2, -0.15) is 0 Å². The van der Waals surface area contributed by atoms with Crippen LogP contribution >= 0.6 is 0 Å². The first kappa shape index (κ1) is 17.0. The van der Waals surface area contributed by atoms with Gasteiger partial charge in [0.05, 0.1) is 26.4 Å². The molecule has 2 heterocycles. The Balaban J connectivity index is 1.51. The van der Waals surface area contributed by atoms with Crippen molar-refractivity contribution in [3.05, 3.63) is 35.9 Å². The minimum Gasteiger partial charge on any atom is -0.379 e. The molecule has 1 atom stereocenters. The summed E-state index contributed by atoms with van der Waals surface area (Å²) in [5.41, 5.74) is 0.856. The van der Waals surface area contributed by atoms with Crippen molar-refractivity contribution < 1.29 is 14.3 Å². The number of rotatable bonds is 3. The van der Waals surface area contributed by atoms with E-state index in [2.05, 4.69) is 21.9 Å². The van der Waals surface area contributed by atoms with Gasteiger partial charge < -0.3 is 14.4 Å². The molecule has 3 aliphatic rings. The highest BCUT2D eigenvalue weighted by Crippen LogP contribution is 2.38. The number of carbonyl (C=O) groups is 1. The molecule has 3 fully saturated rings. The Labute approximate surface area is 149 Å². The first-order valence-corrected chi connectivity index (χ1v) is 9.58. The molecule has 1 aliphatic carbocycles. The van der Waals surface area contributed by atoms with E-state index in [4.69, 9.17) is 9.47 Å². The van der Waals surface area contributed by atoms with Crippen molar-refractivity contribution in [2.75, 3.05) is 46.0 Å². The minimum atomic E-state index is -0.303. The topological polar surface area (TPSA) is 42.0 Å². The first-order valence-electron chi connectivity index (χ1n) is 9.58. The fourth-order valence-corrected chi connectivity index (χ4v) is 4.61. The molecule has 1 amide bonds. The molecule has 1 aromatic rings. The van der Waals surface area contributed by atoms with Gasteiger partial charge in [-0.05, 0) is 18.4 Å². The molecule has 5 heteroatoms. The average Bonchev–Trinajstić information content (AvgIpc) is 3.20. The van der Waals surface area contributed by atoms with Crippen LogP contribution in [0.3, 0.4) is 0 Å². The fourth-order valence-electron chi connectivity index (χ4n) is 4.61. The molecule has 136 valence electrons. The summed E-state index contributed by atoms with van der Waals surface area (Å²) in [6.07, 6.45) is 4.26. The van der Waals surface area contributed by atoms with Gasteiger partial charge >= 0.3 is 0 Å². The van der Waals surface area contributed by atoms with Gasteiger partial charge in [-0.25, -0.2) is 0 Å². The highest BCUT2D eigenvalue weighted by Gasteiger charge is 2.49. The second-order valence-corrected chi connectivity index (χ2v) is 7.36. The standard InChI is InChI=1S/C20H28N2O3/c23-19(20(8-4-5-9-20)22-11-13-24-14-12-22)21-10-15-25-18(16-21)17-6-2-1-3-7-17/h1-3,6-7,18H,4-5,8-16H2. The van der Waals surface area contributed by atoms with Crippen molar-refractivity contribution >= 4 is 5.91 Å². The lowest BCUT2D eigenvalue weighted by molar-refractivity contribution is -0.155. The molecule has 0 bridgehead atoms. The third-order valence-corrected chi connectivity index (χ3v) is 5.97. The largest absolute Gasteiger partial charge is 0.379 e. The van der Waals surface area contributed by atoms with Gasteiger partial charge in [0, 0.05) is 19.6 Å². The number of amides is 1. The van der Waals surface area contributed by atoms with Gasteiger partial charge in [0.2, 0.25) is 5.91 Å². The zero-order valence-electron chi connectivity index (χ0n) is 14.9. The van der Waals surface area contributed by atoms with Crippen molar-refractivity contribution in [3.8, 4) is 0 Å². The molecule has 0 aromatic heterocycles. The maximum atomic E-state index is 13.6. The Morgan fingerprint density at radius 2 is 1.72 bits per heavy atom. The Kier molecular flexibility index (Phi) is 5.06. The maximum absolute atomic E-state index is 13.6. The second kappa shape index (κ2) is 7.44. The summed E-state index contributed by atoms with van der Waals surface area (Å²) < 4.78 is 11.5. The van der Waals surface area contributed by atoms with E-state index in [1.165, 1.54) is 0 Å². The normalized spacial score (nSPS) is 27.4. The highest BCUT2D eigenvalue weighted by atomic mass is 16.5. The molecule has 0 N–H and O–H groups in total. The molecule has 5 nitrogen and oxygen atoms in total. The van der Waals surface area contributed by atoms with Crippen LogP contribution in [0.1, 0.15) is 37.4 Å². The van der Waals surface area contributed by atoms with E-state index in [9.17, 15) is 4.79 Å². The molecule has 4 rings (SSSR count). The van der Waals surface area contributed by atoms with Crippen LogP contribution in [0.4, 0.5) is 0 Å². The van der Waals surface area contributed by atoms with Gasteiger partial charge in [-0.15, -0.1) is 0 Å². The highest BCUT2D eigenvalue weighted by molar-refractivity contribution is 5.87. The van der Waals surface area contributed by atoms with Crippen molar-refractivity contribution in [2.45, 2.75) is 37.3 Å². The second-order valence-electron chi connectivity index (χ2n) is 7.36. The third kappa shape index (κ3) is 3.33. The van der Waals surface area contributed by atoms with E-state index in [0.29, 0.717) is 25.6 Å². The monoisotopic (exact) mass is 344 g/mol. The predicted octanol–water partition coefficient (Wildman–Crippen LogP) is 2.23. The van der Waals surface area contributed by atoms with E-state index in [-0.39, 0.29) is 11.6 Å². The Bertz CT molecular complexity index is 580. The molecule has 1 saturated carbocycles. The van der Waals surface area contributed by atoms with Gasteiger partial charge in [0.15, 0.2) is 0 Å². The van der Waals surface area contributed by atoms with Gasteiger partial charge in [0.25, 0.3) is 0 Å². The van der Waals surface area contributed by atoms with E-state index in [1.54, 1.807) is 0 Å². The number of nitrogens with zero attached hydrogens (tertiary/aromatic N) is 2. The van der Waals surface area contributed by atoms with E-state index in [1.807, 2.05) is 18.2 Å². The van der Waals surface area contributed by atoms with Crippen LogP contribution in [0.5, 0.6) is 0 Å². The number of hydrogen-bond donors (Lipinski definition) is 0.